The van der Waals surface area contributed by atoms with E-state index in [9.17, 15) is 8.78 Å². The summed E-state index contributed by atoms with van der Waals surface area (Å²) in [5.74, 6) is 0.117. The Morgan fingerprint density at radius 2 is 2.16 bits per heavy atom. The number of aryl methyl sites for hydroxylation is 2. The smallest absolute Gasteiger partial charge is 0.128 e. The fourth-order valence-corrected chi connectivity index (χ4v) is 2.15. The molecule has 2 rings (SSSR count). The van der Waals surface area contributed by atoms with E-state index in [0.29, 0.717) is 18.4 Å². The summed E-state index contributed by atoms with van der Waals surface area (Å²) in [6, 6.07) is 3.31. The van der Waals surface area contributed by atoms with E-state index in [0.717, 1.165) is 18.0 Å². The van der Waals surface area contributed by atoms with Gasteiger partial charge in [0.15, 0.2) is 0 Å². The Morgan fingerprint density at radius 3 is 2.79 bits per heavy atom. The van der Waals surface area contributed by atoms with Crippen LogP contribution < -0.4 is 5.32 Å². The molecule has 0 radical (unpaired) electrons. The van der Waals surface area contributed by atoms with Gasteiger partial charge in [0, 0.05) is 37.5 Å². The number of nitrogens with zero attached hydrogens (tertiary/aromatic N) is 2. The molecule has 0 saturated carbocycles. The van der Waals surface area contributed by atoms with E-state index >= 15 is 0 Å². The van der Waals surface area contributed by atoms with E-state index in [1.807, 2.05) is 17.8 Å². The zero-order valence-corrected chi connectivity index (χ0v) is 11.0. The molecule has 5 heteroatoms. The van der Waals surface area contributed by atoms with Gasteiger partial charge in [-0.25, -0.2) is 13.8 Å². The monoisotopic (exact) mass is 265 g/mol. The summed E-state index contributed by atoms with van der Waals surface area (Å²) >= 11 is 0. The second-order valence-electron chi connectivity index (χ2n) is 4.50. The molecule has 1 heterocycles. The number of halogens is 2. The molecule has 0 saturated heterocycles. The van der Waals surface area contributed by atoms with Gasteiger partial charge in [0.25, 0.3) is 0 Å². The first-order chi connectivity index (χ1) is 9.11. The fraction of sp³-hybridized carbons (Fsp3) is 0.357. The first-order valence-corrected chi connectivity index (χ1v) is 6.20. The summed E-state index contributed by atoms with van der Waals surface area (Å²) in [6.45, 7) is 0. The second kappa shape index (κ2) is 5.93. The molecule has 1 atom stereocenters. The van der Waals surface area contributed by atoms with E-state index in [1.54, 1.807) is 13.2 Å². The molecule has 1 N–H and O–H groups in total. The number of benzene rings is 1. The van der Waals surface area contributed by atoms with E-state index < -0.39 is 5.82 Å². The van der Waals surface area contributed by atoms with Crippen LogP contribution in [-0.4, -0.2) is 16.6 Å². The molecule has 0 aliphatic carbocycles. The molecule has 0 aliphatic rings. The molecule has 0 fully saturated rings. The normalized spacial score (nSPS) is 12.6. The summed E-state index contributed by atoms with van der Waals surface area (Å²) in [6.07, 6.45) is 4.95. The average Bonchev–Trinajstić information content (AvgIpc) is 2.80. The average molecular weight is 265 g/mol. The Balaban J connectivity index is 2.12. The number of rotatable bonds is 5. The third-order valence-corrected chi connectivity index (χ3v) is 3.26. The first kappa shape index (κ1) is 13.7. The van der Waals surface area contributed by atoms with Gasteiger partial charge in [-0.05, 0) is 31.7 Å². The topological polar surface area (TPSA) is 29.9 Å². The van der Waals surface area contributed by atoms with Crippen LogP contribution in [0.25, 0.3) is 0 Å². The van der Waals surface area contributed by atoms with E-state index in [-0.39, 0.29) is 11.9 Å². The lowest BCUT2D eigenvalue weighted by molar-refractivity contribution is 0.494. The fourth-order valence-electron chi connectivity index (χ4n) is 2.15. The van der Waals surface area contributed by atoms with Crippen LogP contribution in [0.4, 0.5) is 8.78 Å². The van der Waals surface area contributed by atoms with Gasteiger partial charge in [0.1, 0.15) is 17.5 Å². The van der Waals surface area contributed by atoms with E-state index in [1.165, 1.54) is 6.07 Å². The third-order valence-electron chi connectivity index (χ3n) is 3.26. The Morgan fingerprint density at radius 1 is 1.37 bits per heavy atom. The van der Waals surface area contributed by atoms with Crippen LogP contribution in [0.3, 0.4) is 0 Å². The number of aromatic nitrogens is 2. The molecule has 102 valence electrons. The van der Waals surface area contributed by atoms with Crippen LogP contribution in [0.2, 0.25) is 0 Å². The summed E-state index contributed by atoms with van der Waals surface area (Å²) in [4.78, 5) is 4.22. The summed E-state index contributed by atoms with van der Waals surface area (Å²) < 4.78 is 28.9. The number of nitrogens with one attached hydrogen (secondary N) is 1. The number of hydrogen-bond donors (Lipinski definition) is 1. The standard InChI is InChI=1S/C14H17F2N3/c1-17-13(5-6-14-18-7-8-19(14)2)11-9-10(15)3-4-12(11)16/h3-4,7-9,13,17H,5-6H2,1-2H3. The molecule has 0 amide bonds. The molecular weight excluding hydrogens is 248 g/mol. The van der Waals surface area contributed by atoms with Gasteiger partial charge in [0.05, 0.1) is 0 Å². The minimum Gasteiger partial charge on any atom is -0.338 e. The molecule has 1 unspecified atom stereocenters. The SMILES string of the molecule is CNC(CCc1nccn1C)c1cc(F)ccc1F. The van der Waals surface area contributed by atoms with Gasteiger partial charge in [-0.1, -0.05) is 0 Å². The maximum Gasteiger partial charge on any atom is 0.128 e. The Hall–Kier alpha value is -1.75. The van der Waals surface area contributed by atoms with E-state index in [2.05, 4.69) is 10.3 Å². The van der Waals surface area contributed by atoms with Crippen molar-refractivity contribution in [1.82, 2.24) is 14.9 Å². The lowest BCUT2D eigenvalue weighted by atomic mass is 10.0. The molecule has 0 spiro atoms. The molecule has 3 nitrogen and oxygen atoms in total. The predicted molar refractivity (Wildman–Crippen MR) is 69.7 cm³/mol. The van der Waals surface area contributed by atoms with Crippen molar-refractivity contribution in [3.05, 3.63) is 53.6 Å². The van der Waals surface area contributed by atoms with Crippen LogP contribution in [0, 0.1) is 11.6 Å². The summed E-state index contributed by atoms with van der Waals surface area (Å²) in [5, 5.41) is 3.02. The largest absolute Gasteiger partial charge is 0.338 e. The molecular formula is C14H17F2N3. The highest BCUT2D eigenvalue weighted by Crippen LogP contribution is 2.22. The van der Waals surface area contributed by atoms with Crippen LogP contribution in [0.1, 0.15) is 23.9 Å². The van der Waals surface area contributed by atoms with Gasteiger partial charge in [-0.15, -0.1) is 0 Å². The van der Waals surface area contributed by atoms with Crippen LogP contribution in [0.15, 0.2) is 30.6 Å². The zero-order chi connectivity index (χ0) is 13.8. The minimum absolute atomic E-state index is 0.229. The molecule has 1 aromatic carbocycles. The Labute approximate surface area is 111 Å². The van der Waals surface area contributed by atoms with Crippen molar-refractivity contribution in [3.63, 3.8) is 0 Å². The van der Waals surface area contributed by atoms with Gasteiger partial charge in [-0.2, -0.15) is 0 Å². The van der Waals surface area contributed by atoms with Gasteiger partial charge >= 0.3 is 0 Å². The molecule has 2 aromatic rings. The van der Waals surface area contributed by atoms with Crippen molar-refractivity contribution in [1.29, 1.82) is 0 Å². The van der Waals surface area contributed by atoms with Gasteiger partial charge in [-0.3, -0.25) is 0 Å². The highest BCUT2D eigenvalue weighted by atomic mass is 19.1. The van der Waals surface area contributed by atoms with Crippen molar-refractivity contribution in [3.8, 4) is 0 Å². The predicted octanol–water partition coefficient (Wildman–Crippen LogP) is 2.59. The lowest BCUT2D eigenvalue weighted by Gasteiger charge is -2.17. The van der Waals surface area contributed by atoms with Crippen LogP contribution >= 0.6 is 0 Å². The number of hydrogen-bond acceptors (Lipinski definition) is 2. The molecule has 0 aliphatic heterocycles. The minimum atomic E-state index is -0.423. The first-order valence-electron chi connectivity index (χ1n) is 6.20. The van der Waals surface area contributed by atoms with Crippen LogP contribution in [0.5, 0.6) is 0 Å². The summed E-state index contributed by atoms with van der Waals surface area (Å²) in [7, 11) is 3.66. The van der Waals surface area contributed by atoms with Gasteiger partial charge in [0.2, 0.25) is 0 Å². The molecule has 1 aromatic heterocycles. The van der Waals surface area contributed by atoms with Crippen molar-refractivity contribution in [2.75, 3.05) is 7.05 Å². The van der Waals surface area contributed by atoms with Crippen molar-refractivity contribution in [2.24, 2.45) is 7.05 Å². The van der Waals surface area contributed by atoms with Crippen molar-refractivity contribution in [2.45, 2.75) is 18.9 Å². The van der Waals surface area contributed by atoms with Crippen molar-refractivity contribution < 1.29 is 8.78 Å². The maximum atomic E-state index is 13.7. The quantitative estimate of drug-likeness (QED) is 0.900. The highest BCUT2D eigenvalue weighted by Gasteiger charge is 2.15. The highest BCUT2D eigenvalue weighted by molar-refractivity contribution is 5.22. The van der Waals surface area contributed by atoms with Gasteiger partial charge < -0.3 is 9.88 Å². The second-order valence-corrected chi connectivity index (χ2v) is 4.50. The molecule has 19 heavy (non-hydrogen) atoms. The lowest BCUT2D eigenvalue weighted by Crippen LogP contribution is -2.19. The maximum absolute atomic E-state index is 13.7. The molecule has 0 bridgehead atoms. The zero-order valence-electron chi connectivity index (χ0n) is 11.0. The Kier molecular flexibility index (Phi) is 4.27. The van der Waals surface area contributed by atoms with Crippen LogP contribution in [-0.2, 0) is 13.5 Å². The Bertz CT molecular complexity index is 551. The number of imidazole rings is 1. The summed E-state index contributed by atoms with van der Waals surface area (Å²) in [5.41, 5.74) is 0.358. The van der Waals surface area contributed by atoms with Crippen molar-refractivity contribution >= 4 is 0 Å². The van der Waals surface area contributed by atoms with E-state index in [4.69, 9.17) is 0 Å². The third kappa shape index (κ3) is 3.17.